The van der Waals surface area contributed by atoms with Crippen LogP contribution < -0.4 is 5.32 Å². The Morgan fingerprint density at radius 2 is 1.96 bits per heavy atom. The van der Waals surface area contributed by atoms with Crippen LogP contribution in [0.2, 0.25) is 0 Å². The molecular formula is C21H23N3OS. The summed E-state index contributed by atoms with van der Waals surface area (Å²) in [7, 11) is 0. The van der Waals surface area contributed by atoms with Crippen LogP contribution in [0.5, 0.6) is 0 Å². The molecule has 0 aliphatic carbocycles. The van der Waals surface area contributed by atoms with Crippen LogP contribution >= 0.6 is 11.3 Å². The van der Waals surface area contributed by atoms with E-state index < -0.39 is 0 Å². The topological polar surface area (TPSA) is 45.2 Å². The number of para-hydroxylation sites is 1. The second-order valence-corrected chi connectivity index (χ2v) is 7.80. The van der Waals surface area contributed by atoms with Crippen molar-refractivity contribution in [2.45, 2.75) is 25.3 Å². The molecule has 1 aliphatic rings. The van der Waals surface area contributed by atoms with Gasteiger partial charge in [0.15, 0.2) is 0 Å². The number of benzene rings is 2. The number of aromatic nitrogens is 1. The minimum absolute atomic E-state index is 0.106. The molecule has 1 aliphatic heterocycles. The second kappa shape index (κ2) is 7.98. The maximum atomic E-state index is 12.4. The van der Waals surface area contributed by atoms with Crippen LogP contribution in [0.1, 0.15) is 29.5 Å². The minimum atomic E-state index is 0.106. The zero-order valence-electron chi connectivity index (χ0n) is 14.7. The molecule has 1 fully saturated rings. The fourth-order valence-corrected chi connectivity index (χ4v) is 4.70. The first kappa shape index (κ1) is 17.2. The van der Waals surface area contributed by atoms with Gasteiger partial charge in [0.05, 0.1) is 22.8 Å². The highest BCUT2D eigenvalue weighted by atomic mass is 32.1. The molecule has 3 aromatic rings. The standard InChI is InChI=1S/C21H23N3OS/c25-20(22-13-12-16-7-2-1-3-8-16)15-24-14-6-10-18(24)21-23-17-9-4-5-11-19(17)26-21/h1-5,7-9,11,18H,6,10,12-15H2,(H,22,25)/t18-/m0/s1. The van der Waals surface area contributed by atoms with Gasteiger partial charge in [-0.05, 0) is 43.5 Å². The molecule has 1 saturated heterocycles. The van der Waals surface area contributed by atoms with Crippen LogP contribution in [0.4, 0.5) is 0 Å². The average Bonchev–Trinajstić information content (AvgIpc) is 3.28. The van der Waals surface area contributed by atoms with E-state index in [1.165, 1.54) is 10.3 Å². The third kappa shape index (κ3) is 3.94. The molecule has 0 bridgehead atoms. The summed E-state index contributed by atoms with van der Waals surface area (Å²) in [5, 5.41) is 4.20. The summed E-state index contributed by atoms with van der Waals surface area (Å²) in [4.78, 5) is 19.4. The van der Waals surface area contributed by atoms with Crippen molar-refractivity contribution in [3.63, 3.8) is 0 Å². The number of amides is 1. The molecule has 4 nitrogen and oxygen atoms in total. The van der Waals surface area contributed by atoms with E-state index in [1.54, 1.807) is 11.3 Å². The molecule has 1 amide bonds. The molecule has 4 rings (SSSR count). The second-order valence-electron chi connectivity index (χ2n) is 6.73. The van der Waals surface area contributed by atoms with Crippen molar-refractivity contribution in [3.05, 3.63) is 65.2 Å². The molecule has 0 spiro atoms. The van der Waals surface area contributed by atoms with Crippen molar-refractivity contribution in [2.24, 2.45) is 0 Å². The zero-order chi connectivity index (χ0) is 17.8. The fourth-order valence-electron chi connectivity index (χ4n) is 3.56. The Morgan fingerprint density at radius 1 is 1.15 bits per heavy atom. The lowest BCUT2D eigenvalue weighted by molar-refractivity contribution is -0.122. The van der Waals surface area contributed by atoms with E-state index in [-0.39, 0.29) is 11.9 Å². The van der Waals surface area contributed by atoms with Crippen LogP contribution in [0.25, 0.3) is 10.2 Å². The molecule has 26 heavy (non-hydrogen) atoms. The first-order chi connectivity index (χ1) is 12.8. The van der Waals surface area contributed by atoms with Crippen LogP contribution in [0.3, 0.4) is 0 Å². The van der Waals surface area contributed by atoms with Gasteiger partial charge in [0.1, 0.15) is 5.01 Å². The Morgan fingerprint density at radius 3 is 2.81 bits per heavy atom. The van der Waals surface area contributed by atoms with E-state index in [2.05, 4.69) is 40.5 Å². The highest BCUT2D eigenvalue weighted by molar-refractivity contribution is 7.18. The van der Waals surface area contributed by atoms with Crippen LogP contribution in [-0.4, -0.2) is 35.4 Å². The van der Waals surface area contributed by atoms with E-state index in [1.807, 2.05) is 24.3 Å². The Labute approximate surface area is 157 Å². The predicted octanol–water partition coefficient (Wildman–Crippen LogP) is 3.79. The first-order valence-corrected chi connectivity index (χ1v) is 10.0. The maximum absolute atomic E-state index is 12.4. The van der Waals surface area contributed by atoms with Gasteiger partial charge in [0.2, 0.25) is 5.91 Å². The van der Waals surface area contributed by atoms with Gasteiger partial charge >= 0.3 is 0 Å². The molecule has 134 valence electrons. The number of nitrogens with one attached hydrogen (secondary N) is 1. The Kier molecular flexibility index (Phi) is 5.27. The number of nitrogens with zero attached hydrogens (tertiary/aromatic N) is 2. The van der Waals surface area contributed by atoms with Gasteiger partial charge in [-0.15, -0.1) is 11.3 Å². The Bertz CT molecular complexity index is 844. The normalized spacial score (nSPS) is 17.6. The largest absolute Gasteiger partial charge is 0.355 e. The average molecular weight is 366 g/mol. The third-order valence-corrected chi connectivity index (χ3v) is 6.02. The predicted molar refractivity (Wildman–Crippen MR) is 106 cm³/mol. The summed E-state index contributed by atoms with van der Waals surface area (Å²) in [6, 6.07) is 18.8. The highest BCUT2D eigenvalue weighted by Crippen LogP contribution is 2.36. The van der Waals surface area contributed by atoms with Crippen molar-refractivity contribution < 1.29 is 4.79 Å². The van der Waals surface area contributed by atoms with Gasteiger partial charge in [-0.1, -0.05) is 42.5 Å². The number of rotatable bonds is 6. The minimum Gasteiger partial charge on any atom is -0.355 e. The first-order valence-electron chi connectivity index (χ1n) is 9.20. The smallest absolute Gasteiger partial charge is 0.234 e. The van der Waals surface area contributed by atoms with Crippen LogP contribution in [-0.2, 0) is 11.2 Å². The highest BCUT2D eigenvalue weighted by Gasteiger charge is 2.29. The maximum Gasteiger partial charge on any atom is 0.234 e. The summed E-state index contributed by atoms with van der Waals surface area (Å²) < 4.78 is 1.22. The van der Waals surface area contributed by atoms with E-state index in [0.717, 1.165) is 36.3 Å². The van der Waals surface area contributed by atoms with Crippen molar-refractivity contribution >= 4 is 27.5 Å². The summed E-state index contributed by atoms with van der Waals surface area (Å²) >= 11 is 1.76. The molecule has 1 aromatic heterocycles. The molecule has 2 heterocycles. The molecule has 2 aromatic carbocycles. The van der Waals surface area contributed by atoms with Gasteiger partial charge in [-0.3, -0.25) is 9.69 Å². The van der Waals surface area contributed by atoms with Gasteiger partial charge < -0.3 is 5.32 Å². The molecule has 1 atom stereocenters. The lowest BCUT2D eigenvalue weighted by atomic mass is 10.1. The molecule has 0 radical (unpaired) electrons. The van der Waals surface area contributed by atoms with Crippen molar-refractivity contribution in [1.29, 1.82) is 0 Å². The third-order valence-electron chi connectivity index (χ3n) is 4.88. The monoisotopic (exact) mass is 365 g/mol. The van der Waals surface area contributed by atoms with Gasteiger partial charge in [0, 0.05) is 6.54 Å². The number of fused-ring (bicyclic) bond motifs is 1. The lowest BCUT2D eigenvalue weighted by Crippen LogP contribution is -2.37. The number of thiazole rings is 1. The summed E-state index contributed by atoms with van der Waals surface area (Å²) in [5.74, 6) is 0.106. The summed E-state index contributed by atoms with van der Waals surface area (Å²) in [6.07, 6.45) is 3.07. The number of hydrogen-bond acceptors (Lipinski definition) is 4. The molecule has 0 saturated carbocycles. The van der Waals surface area contributed by atoms with E-state index >= 15 is 0 Å². The Hall–Kier alpha value is -2.24. The number of carbonyl (C=O) groups is 1. The molecule has 1 N–H and O–H groups in total. The van der Waals surface area contributed by atoms with Crippen LogP contribution in [0.15, 0.2) is 54.6 Å². The van der Waals surface area contributed by atoms with Crippen molar-refractivity contribution in [2.75, 3.05) is 19.6 Å². The van der Waals surface area contributed by atoms with E-state index in [0.29, 0.717) is 13.1 Å². The quantitative estimate of drug-likeness (QED) is 0.723. The number of hydrogen-bond donors (Lipinski definition) is 1. The molecule has 5 heteroatoms. The SMILES string of the molecule is O=C(CN1CCC[C@H]1c1nc2ccccc2s1)NCCc1ccccc1. The van der Waals surface area contributed by atoms with Crippen molar-refractivity contribution in [3.8, 4) is 0 Å². The zero-order valence-corrected chi connectivity index (χ0v) is 15.5. The van der Waals surface area contributed by atoms with E-state index in [9.17, 15) is 4.79 Å². The summed E-state index contributed by atoms with van der Waals surface area (Å²) in [5.41, 5.74) is 2.31. The number of likely N-dealkylation sites (tertiary alicyclic amines) is 1. The van der Waals surface area contributed by atoms with Gasteiger partial charge in [-0.2, -0.15) is 0 Å². The van der Waals surface area contributed by atoms with Crippen molar-refractivity contribution in [1.82, 2.24) is 15.2 Å². The Balaban J connectivity index is 1.33. The number of carbonyl (C=O) groups excluding carboxylic acids is 1. The van der Waals surface area contributed by atoms with Crippen LogP contribution in [0, 0.1) is 0 Å². The van der Waals surface area contributed by atoms with Gasteiger partial charge in [0.25, 0.3) is 0 Å². The molecule has 0 unspecified atom stereocenters. The van der Waals surface area contributed by atoms with E-state index in [4.69, 9.17) is 4.98 Å². The summed E-state index contributed by atoms with van der Waals surface area (Å²) in [6.45, 7) is 2.10. The lowest BCUT2D eigenvalue weighted by Gasteiger charge is -2.22. The van der Waals surface area contributed by atoms with Gasteiger partial charge in [-0.25, -0.2) is 4.98 Å². The molecular weight excluding hydrogens is 342 g/mol. The fraction of sp³-hybridized carbons (Fsp3) is 0.333.